The molecule has 0 aliphatic carbocycles. The van der Waals surface area contributed by atoms with Crippen LogP contribution in [-0.4, -0.2) is 65.5 Å². The third-order valence-corrected chi connectivity index (χ3v) is 5.26. The number of rotatable bonds is 7. The van der Waals surface area contributed by atoms with E-state index >= 15 is 0 Å². The van der Waals surface area contributed by atoms with Crippen molar-refractivity contribution in [1.82, 2.24) is 15.0 Å². The van der Waals surface area contributed by atoms with Gasteiger partial charge in [-0.05, 0) is 25.5 Å². The number of para-hydroxylation sites is 1. The van der Waals surface area contributed by atoms with Gasteiger partial charge in [0.1, 0.15) is 5.76 Å². The van der Waals surface area contributed by atoms with Crippen molar-refractivity contribution in [2.75, 3.05) is 43.4 Å². The summed E-state index contributed by atoms with van der Waals surface area (Å²) in [6, 6.07) is 8.62. The van der Waals surface area contributed by atoms with Crippen LogP contribution in [0.25, 0.3) is 0 Å². The lowest BCUT2D eigenvalue weighted by atomic mass is 10.1. The van der Waals surface area contributed by atoms with Crippen LogP contribution in [0.2, 0.25) is 5.02 Å². The van der Waals surface area contributed by atoms with E-state index in [0.29, 0.717) is 61.4 Å². The van der Waals surface area contributed by atoms with E-state index in [1.807, 2.05) is 19.1 Å². The van der Waals surface area contributed by atoms with E-state index in [9.17, 15) is 9.59 Å². The molecular weight excluding hydrogens is 394 g/mol. The highest BCUT2D eigenvalue weighted by molar-refractivity contribution is 6.33. The van der Waals surface area contributed by atoms with E-state index in [4.69, 9.17) is 16.1 Å². The maximum atomic E-state index is 12.6. The van der Waals surface area contributed by atoms with Crippen LogP contribution in [0.15, 0.2) is 34.9 Å². The van der Waals surface area contributed by atoms with Crippen molar-refractivity contribution < 1.29 is 14.1 Å². The van der Waals surface area contributed by atoms with E-state index in [-0.39, 0.29) is 17.9 Å². The van der Waals surface area contributed by atoms with Crippen molar-refractivity contribution in [3.05, 3.63) is 41.1 Å². The lowest BCUT2D eigenvalue weighted by Crippen LogP contribution is -2.54. The standard InChI is InChI=1S/C20H26ClN5O3/c1-3-17(20(28)23-18-12-14(2)29-24-18)26-10-8-25(9-11-26)13-19(27)22-16-7-5-4-6-15(16)21/h4-7,12,17H,3,8-11,13H2,1-2H3,(H,22,27)(H,23,24,28). The second-order valence-electron chi connectivity index (χ2n) is 7.08. The minimum Gasteiger partial charge on any atom is -0.360 e. The Morgan fingerprint density at radius 1 is 1.21 bits per heavy atom. The predicted molar refractivity (Wildman–Crippen MR) is 112 cm³/mol. The molecule has 0 spiro atoms. The fourth-order valence-corrected chi connectivity index (χ4v) is 3.62. The molecule has 1 saturated heterocycles. The van der Waals surface area contributed by atoms with Crippen LogP contribution in [0.1, 0.15) is 19.1 Å². The number of nitrogens with zero attached hydrogens (tertiary/aromatic N) is 3. The summed E-state index contributed by atoms with van der Waals surface area (Å²) in [5.41, 5.74) is 0.614. The van der Waals surface area contributed by atoms with Gasteiger partial charge < -0.3 is 15.2 Å². The van der Waals surface area contributed by atoms with Gasteiger partial charge >= 0.3 is 0 Å². The third kappa shape index (κ3) is 5.79. The molecule has 0 radical (unpaired) electrons. The number of piperazine rings is 1. The first-order valence-corrected chi connectivity index (χ1v) is 10.1. The zero-order chi connectivity index (χ0) is 20.8. The van der Waals surface area contributed by atoms with Gasteiger partial charge in [0.25, 0.3) is 0 Å². The van der Waals surface area contributed by atoms with Crippen molar-refractivity contribution >= 4 is 34.9 Å². The molecule has 1 aliphatic rings. The molecule has 9 heteroatoms. The number of halogens is 1. The van der Waals surface area contributed by atoms with Gasteiger partial charge in [-0.25, -0.2) is 0 Å². The summed E-state index contributed by atoms with van der Waals surface area (Å²) in [6.07, 6.45) is 0.690. The monoisotopic (exact) mass is 419 g/mol. The second kappa shape index (κ2) is 9.87. The molecule has 2 amide bonds. The van der Waals surface area contributed by atoms with Gasteiger partial charge in [0.2, 0.25) is 11.8 Å². The SMILES string of the molecule is CCC(C(=O)Nc1cc(C)on1)N1CCN(CC(=O)Nc2ccccc2Cl)CC1. The Balaban J connectivity index is 1.47. The van der Waals surface area contributed by atoms with Crippen LogP contribution in [0.5, 0.6) is 0 Å². The number of aromatic nitrogens is 1. The molecule has 2 N–H and O–H groups in total. The summed E-state index contributed by atoms with van der Waals surface area (Å²) in [5.74, 6) is 0.890. The highest BCUT2D eigenvalue weighted by atomic mass is 35.5. The van der Waals surface area contributed by atoms with E-state index in [0.717, 1.165) is 0 Å². The normalized spacial score (nSPS) is 16.4. The van der Waals surface area contributed by atoms with E-state index in [1.54, 1.807) is 25.1 Å². The Morgan fingerprint density at radius 2 is 1.93 bits per heavy atom. The lowest BCUT2D eigenvalue weighted by molar-refractivity contribution is -0.123. The first kappa shape index (κ1) is 21.3. The first-order chi connectivity index (χ1) is 14.0. The third-order valence-electron chi connectivity index (χ3n) is 4.93. The number of benzene rings is 1. The Labute approximate surface area is 175 Å². The van der Waals surface area contributed by atoms with Crippen LogP contribution in [0.4, 0.5) is 11.5 Å². The average Bonchev–Trinajstić information content (AvgIpc) is 3.10. The Kier molecular flexibility index (Phi) is 7.24. The lowest BCUT2D eigenvalue weighted by Gasteiger charge is -2.38. The number of aryl methyl sites for hydroxylation is 1. The molecule has 0 saturated carbocycles. The van der Waals surface area contributed by atoms with Gasteiger partial charge in [0.15, 0.2) is 5.82 Å². The Bertz CT molecular complexity index is 848. The van der Waals surface area contributed by atoms with Crippen molar-refractivity contribution in [3.63, 3.8) is 0 Å². The minimum absolute atomic E-state index is 0.0919. The smallest absolute Gasteiger partial charge is 0.242 e. The summed E-state index contributed by atoms with van der Waals surface area (Å²) in [5, 5.41) is 9.99. The molecule has 1 unspecified atom stereocenters. The van der Waals surface area contributed by atoms with E-state index in [1.165, 1.54) is 0 Å². The number of hydrogen-bond acceptors (Lipinski definition) is 6. The van der Waals surface area contributed by atoms with Gasteiger partial charge in [0.05, 0.1) is 23.3 Å². The van der Waals surface area contributed by atoms with Gasteiger partial charge in [-0.1, -0.05) is 35.8 Å². The molecule has 29 heavy (non-hydrogen) atoms. The number of carbonyl (C=O) groups is 2. The highest BCUT2D eigenvalue weighted by Crippen LogP contribution is 2.20. The molecule has 2 aromatic rings. The fraction of sp³-hybridized carbons (Fsp3) is 0.450. The van der Waals surface area contributed by atoms with Gasteiger partial charge in [-0.3, -0.25) is 19.4 Å². The molecule has 1 aromatic carbocycles. The maximum Gasteiger partial charge on any atom is 0.242 e. The average molecular weight is 420 g/mol. The zero-order valence-corrected chi connectivity index (χ0v) is 17.4. The van der Waals surface area contributed by atoms with Crippen LogP contribution in [-0.2, 0) is 9.59 Å². The summed E-state index contributed by atoms with van der Waals surface area (Å²) in [4.78, 5) is 29.2. The van der Waals surface area contributed by atoms with Crippen molar-refractivity contribution in [1.29, 1.82) is 0 Å². The summed E-state index contributed by atoms with van der Waals surface area (Å²) in [6.45, 7) is 6.90. The van der Waals surface area contributed by atoms with E-state index < -0.39 is 0 Å². The van der Waals surface area contributed by atoms with Gasteiger partial charge in [-0.2, -0.15) is 0 Å². The number of anilines is 2. The van der Waals surface area contributed by atoms with Crippen LogP contribution in [0, 0.1) is 6.92 Å². The molecule has 8 nitrogen and oxygen atoms in total. The maximum absolute atomic E-state index is 12.6. The largest absolute Gasteiger partial charge is 0.360 e. The topological polar surface area (TPSA) is 90.7 Å². The number of amides is 2. The van der Waals surface area contributed by atoms with Crippen molar-refractivity contribution in [2.24, 2.45) is 0 Å². The van der Waals surface area contributed by atoms with Crippen LogP contribution >= 0.6 is 11.6 Å². The number of hydrogen-bond donors (Lipinski definition) is 2. The molecule has 1 fully saturated rings. The molecule has 3 rings (SSSR count). The summed E-state index contributed by atoms with van der Waals surface area (Å²) in [7, 11) is 0. The molecule has 0 bridgehead atoms. The van der Waals surface area contributed by atoms with Gasteiger partial charge in [-0.15, -0.1) is 0 Å². The molecular formula is C20H26ClN5O3. The van der Waals surface area contributed by atoms with Crippen LogP contribution in [0.3, 0.4) is 0 Å². The summed E-state index contributed by atoms with van der Waals surface area (Å²) < 4.78 is 4.99. The number of nitrogens with one attached hydrogen (secondary N) is 2. The van der Waals surface area contributed by atoms with Crippen LogP contribution < -0.4 is 10.6 Å². The fourth-order valence-electron chi connectivity index (χ4n) is 3.43. The molecule has 2 heterocycles. The highest BCUT2D eigenvalue weighted by Gasteiger charge is 2.28. The van der Waals surface area contributed by atoms with Crippen molar-refractivity contribution in [2.45, 2.75) is 26.3 Å². The Morgan fingerprint density at radius 3 is 2.55 bits per heavy atom. The van der Waals surface area contributed by atoms with Crippen molar-refractivity contribution in [3.8, 4) is 0 Å². The number of carbonyl (C=O) groups excluding carboxylic acids is 2. The quantitative estimate of drug-likeness (QED) is 0.716. The second-order valence-corrected chi connectivity index (χ2v) is 7.48. The van der Waals surface area contributed by atoms with E-state index in [2.05, 4.69) is 25.6 Å². The zero-order valence-electron chi connectivity index (χ0n) is 16.7. The predicted octanol–water partition coefficient (Wildman–Crippen LogP) is 2.61. The first-order valence-electron chi connectivity index (χ1n) is 9.71. The minimum atomic E-state index is -0.244. The van der Waals surface area contributed by atoms with Gasteiger partial charge in [0, 0.05) is 32.2 Å². The molecule has 156 valence electrons. The molecule has 1 aromatic heterocycles. The Hall–Kier alpha value is -2.42. The molecule has 1 aliphatic heterocycles. The molecule has 1 atom stereocenters. The summed E-state index contributed by atoms with van der Waals surface area (Å²) >= 11 is 6.09.